The molecule has 2 heterocycles. The molecule has 1 aliphatic rings. The number of halogens is 3. The van der Waals surface area contributed by atoms with Gasteiger partial charge in [-0.1, -0.05) is 28.9 Å². The lowest BCUT2D eigenvalue weighted by atomic mass is 10.0. The van der Waals surface area contributed by atoms with Crippen LogP contribution in [0.25, 0.3) is 0 Å². The van der Waals surface area contributed by atoms with Gasteiger partial charge in [0.05, 0.1) is 10.7 Å². The highest BCUT2D eigenvalue weighted by Crippen LogP contribution is 2.30. The molecule has 0 saturated carbocycles. The van der Waals surface area contributed by atoms with Crippen molar-refractivity contribution in [3.63, 3.8) is 0 Å². The first-order valence-corrected chi connectivity index (χ1v) is 11.3. The van der Waals surface area contributed by atoms with E-state index in [1.54, 1.807) is 6.07 Å². The monoisotopic (exact) mass is 468 g/mol. The number of hydrogen-bond acceptors (Lipinski definition) is 6. The SMILES string of the molecule is O=S(=O)(Nc1ccon1)c1cc(Cl)c(NCc2c(F)cccc2CN2CCC2)cc1F. The van der Waals surface area contributed by atoms with Gasteiger partial charge in [0.2, 0.25) is 0 Å². The van der Waals surface area contributed by atoms with E-state index in [4.69, 9.17) is 11.6 Å². The highest BCUT2D eigenvalue weighted by molar-refractivity contribution is 7.92. The molecule has 0 aliphatic carbocycles. The summed E-state index contributed by atoms with van der Waals surface area (Å²) >= 11 is 6.19. The van der Waals surface area contributed by atoms with E-state index >= 15 is 0 Å². The molecule has 0 unspecified atom stereocenters. The molecule has 2 aromatic carbocycles. The zero-order valence-electron chi connectivity index (χ0n) is 16.2. The van der Waals surface area contributed by atoms with Crippen molar-refractivity contribution in [2.45, 2.75) is 24.4 Å². The molecule has 0 atom stereocenters. The van der Waals surface area contributed by atoms with Crippen LogP contribution in [0.1, 0.15) is 17.5 Å². The number of nitrogens with one attached hydrogen (secondary N) is 2. The zero-order valence-corrected chi connectivity index (χ0v) is 17.8. The van der Waals surface area contributed by atoms with Crippen molar-refractivity contribution in [2.75, 3.05) is 23.1 Å². The van der Waals surface area contributed by atoms with Gasteiger partial charge in [0.15, 0.2) is 5.82 Å². The summed E-state index contributed by atoms with van der Waals surface area (Å²) < 4.78 is 60.6. The average Bonchev–Trinajstić information content (AvgIpc) is 3.18. The number of sulfonamides is 1. The molecule has 2 N–H and O–H groups in total. The number of benzene rings is 2. The van der Waals surface area contributed by atoms with Crippen LogP contribution in [0, 0.1) is 11.6 Å². The largest absolute Gasteiger partial charge is 0.380 e. The van der Waals surface area contributed by atoms with Crippen LogP contribution in [-0.4, -0.2) is 31.6 Å². The molecule has 0 radical (unpaired) electrons. The van der Waals surface area contributed by atoms with Crippen LogP contribution in [0.15, 0.2) is 52.1 Å². The quantitative estimate of drug-likeness (QED) is 0.514. The van der Waals surface area contributed by atoms with Gasteiger partial charge < -0.3 is 9.84 Å². The van der Waals surface area contributed by atoms with Crippen molar-refractivity contribution < 1.29 is 21.7 Å². The van der Waals surface area contributed by atoms with Gasteiger partial charge in [-0.2, -0.15) is 0 Å². The van der Waals surface area contributed by atoms with Crippen LogP contribution in [0.4, 0.5) is 20.3 Å². The fourth-order valence-electron chi connectivity index (χ4n) is 3.24. The molecule has 1 fully saturated rings. The Morgan fingerprint density at radius 2 is 1.97 bits per heavy atom. The zero-order chi connectivity index (χ0) is 22.0. The first kappa shape index (κ1) is 21.5. The molecular weight excluding hydrogens is 450 g/mol. The van der Waals surface area contributed by atoms with Crippen molar-refractivity contribution in [3.05, 3.63) is 70.4 Å². The van der Waals surface area contributed by atoms with Gasteiger partial charge in [0.1, 0.15) is 22.8 Å². The van der Waals surface area contributed by atoms with Crippen LogP contribution >= 0.6 is 11.6 Å². The molecule has 0 spiro atoms. The molecular formula is C20H19ClF2N4O3S. The highest BCUT2D eigenvalue weighted by atomic mass is 35.5. The number of hydrogen-bond donors (Lipinski definition) is 2. The van der Waals surface area contributed by atoms with E-state index in [0.717, 1.165) is 37.2 Å². The molecule has 0 amide bonds. The third kappa shape index (κ3) is 4.81. The summed E-state index contributed by atoms with van der Waals surface area (Å²) in [5.74, 6) is -1.48. The minimum atomic E-state index is -4.27. The van der Waals surface area contributed by atoms with Crippen molar-refractivity contribution in [1.82, 2.24) is 10.1 Å². The van der Waals surface area contributed by atoms with Gasteiger partial charge in [-0.15, -0.1) is 0 Å². The minimum absolute atomic E-state index is 0.0254. The predicted octanol–water partition coefficient (Wildman–Crippen LogP) is 4.22. The maximum absolute atomic E-state index is 14.6. The Morgan fingerprint density at radius 1 is 1.16 bits per heavy atom. The van der Waals surface area contributed by atoms with Crippen molar-refractivity contribution >= 4 is 33.1 Å². The van der Waals surface area contributed by atoms with Crippen LogP contribution in [-0.2, 0) is 23.1 Å². The minimum Gasteiger partial charge on any atom is -0.380 e. The van der Waals surface area contributed by atoms with E-state index in [1.165, 1.54) is 18.4 Å². The normalized spacial score (nSPS) is 14.3. The Morgan fingerprint density at radius 3 is 2.65 bits per heavy atom. The summed E-state index contributed by atoms with van der Waals surface area (Å²) in [6.45, 7) is 2.64. The van der Waals surface area contributed by atoms with E-state index in [2.05, 4.69) is 24.6 Å². The number of likely N-dealkylation sites (tertiary alicyclic amines) is 1. The lowest BCUT2D eigenvalue weighted by Crippen LogP contribution is -2.36. The van der Waals surface area contributed by atoms with Gasteiger partial charge in [0.25, 0.3) is 10.0 Å². The molecule has 3 aromatic rings. The molecule has 164 valence electrons. The number of anilines is 2. The highest BCUT2D eigenvalue weighted by Gasteiger charge is 2.23. The fraction of sp³-hybridized carbons (Fsp3) is 0.250. The van der Waals surface area contributed by atoms with Gasteiger partial charge in [-0.3, -0.25) is 9.62 Å². The molecule has 31 heavy (non-hydrogen) atoms. The second-order valence-electron chi connectivity index (χ2n) is 7.11. The number of aromatic nitrogens is 1. The summed E-state index contributed by atoms with van der Waals surface area (Å²) in [6, 6.07) is 8.11. The third-order valence-electron chi connectivity index (χ3n) is 5.00. The first-order chi connectivity index (χ1) is 14.8. The Bertz CT molecular complexity index is 1190. The Balaban J connectivity index is 1.53. The lowest BCUT2D eigenvalue weighted by Gasteiger charge is -2.31. The molecule has 1 aliphatic heterocycles. The first-order valence-electron chi connectivity index (χ1n) is 9.48. The second kappa shape index (κ2) is 8.81. The topological polar surface area (TPSA) is 87.5 Å². The molecule has 4 rings (SSSR count). The van der Waals surface area contributed by atoms with Gasteiger partial charge in [0, 0.05) is 24.7 Å². The third-order valence-corrected chi connectivity index (χ3v) is 6.68. The van der Waals surface area contributed by atoms with Crippen molar-refractivity contribution in [2.24, 2.45) is 0 Å². The van der Waals surface area contributed by atoms with E-state index in [-0.39, 0.29) is 28.9 Å². The van der Waals surface area contributed by atoms with E-state index in [0.29, 0.717) is 12.1 Å². The molecule has 7 nitrogen and oxygen atoms in total. The van der Waals surface area contributed by atoms with Crippen LogP contribution < -0.4 is 10.0 Å². The van der Waals surface area contributed by atoms with Gasteiger partial charge in [-0.05, 0) is 43.3 Å². The molecule has 11 heteroatoms. The van der Waals surface area contributed by atoms with Gasteiger partial charge >= 0.3 is 0 Å². The van der Waals surface area contributed by atoms with E-state index < -0.39 is 20.7 Å². The number of nitrogens with zero attached hydrogens (tertiary/aromatic N) is 2. The fourth-order valence-corrected chi connectivity index (χ4v) is 4.62. The van der Waals surface area contributed by atoms with Crippen LogP contribution in [0.3, 0.4) is 0 Å². The van der Waals surface area contributed by atoms with Crippen LogP contribution in [0.2, 0.25) is 5.02 Å². The standard InChI is InChI=1S/C20H19ClF2N4O3S/c21-15-9-19(31(28,29)26-20-5-8-30-25-20)17(23)10-18(15)24-11-14-13(3-1-4-16(14)22)12-27-6-2-7-27/h1,3-5,8-10,24H,2,6-7,11-12H2,(H,25,26). The smallest absolute Gasteiger partial charge is 0.266 e. The Hall–Kier alpha value is -2.69. The summed E-state index contributed by atoms with van der Waals surface area (Å²) in [5, 5.41) is 6.32. The van der Waals surface area contributed by atoms with Gasteiger partial charge in [-0.25, -0.2) is 17.2 Å². The van der Waals surface area contributed by atoms with Crippen LogP contribution in [0.5, 0.6) is 0 Å². The average molecular weight is 469 g/mol. The van der Waals surface area contributed by atoms with Crippen molar-refractivity contribution in [3.8, 4) is 0 Å². The molecule has 0 bridgehead atoms. The van der Waals surface area contributed by atoms with Crippen molar-refractivity contribution in [1.29, 1.82) is 0 Å². The summed E-state index contributed by atoms with van der Waals surface area (Å²) in [4.78, 5) is 1.56. The Labute approximate surface area is 183 Å². The molecule has 1 saturated heterocycles. The lowest BCUT2D eigenvalue weighted by molar-refractivity contribution is 0.172. The van der Waals surface area contributed by atoms with E-state index in [1.807, 2.05) is 6.07 Å². The maximum Gasteiger partial charge on any atom is 0.266 e. The Kier molecular flexibility index (Phi) is 6.12. The molecule has 1 aromatic heterocycles. The summed E-state index contributed by atoms with van der Waals surface area (Å²) in [7, 11) is -4.27. The second-order valence-corrected chi connectivity index (χ2v) is 9.17. The predicted molar refractivity (Wildman–Crippen MR) is 112 cm³/mol. The summed E-state index contributed by atoms with van der Waals surface area (Å²) in [5.41, 5.74) is 1.44. The maximum atomic E-state index is 14.6. The number of rotatable bonds is 8. The summed E-state index contributed by atoms with van der Waals surface area (Å²) in [6.07, 6.45) is 2.30. The van der Waals surface area contributed by atoms with E-state index in [9.17, 15) is 17.2 Å².